The van der Waals surface area contributed by atoms with Crippen LogP contribution in [-0.4, -0.2) is 72.6 Å². The molecular formula is C25H48O7Si2. The smallest absolute Gasteiger partial charge is 0.308 e. The van der Waals surface area contributed by atoms with Crippen molar-refractivity contribution >= 4 is 28.9 Å². The predicted molar refractivity (Wildman–Crippen MR) is 138 cm³/mol. The molecule has 0 amide bonds. The van der Waals surface area contributed by atoms with Gasteiger partial charge in [0.1, 0.15) is 18.5 Å². The van der Waals surface area contributed by atoms with Crippen molar-refractivity contribution in [2.45, 2.75) is 140 Å². The molecule has 0 spiro atoms. The molecule has 0 aromatic rings. The summed E-state index contributed by atoms with van der Waals surface area (Å²) >= 11 is 0. The maximum Gasteiger partial charge on any atom is 0.308 e. The molecule has 2 fully saturated rings. The summed E-state index contributed by atoms with van der Waals surface area (Å²) in [4.78, 5) is 23.6. The van der Waals surface area contributed by atoms with E-state index in [0.717, 1.165) is 12.7 Å². The summed E-state index contributed by atoms with van der Waals surface area (Å²) < 4.78 is 31.8. The third-order valence-electron chi connectivity index (χ3n) is 8.28. The van der Waals surface area contributed by atoms with Gasteiger partial charge in [-0.15, -0.1) is 0 Å². The second kappa shape index (κ2) is 10.8. The van der Waals surface area contributed by atoms with E-state index in [4.69, 9.17) is 23.1 Å². The van der Waals surface area contributed by atoms with Gasteiger partial charge in [-0.25, -0.2) is 0 Å². The summed E-state index contributed by atoms with van der Waals surface area (Å²) in [6, 6.07) is 0. The lowest BCUT2D eigenvalue weighted by Gasteiger charge is -2.54. The number of methoxy groups -OCH3 is 1. The van der Waals surface area contributed by atoms with Crippen molar-refractivity contribution in [2.75, 3.05) is 7.11 Å². The normalized spacial score (nSPS) is 31.0. The highest BCUT2D eigenvalue weighted by Gasteiger charge is 2.55. The minimum Gasteiger partial charge on any atom is -0.469 e. The number of hydrogen-bond acceptors (Lipinski definition) is 7. The van der Waals surface area contributed by atoms with Crippen molar-refractivity contribution < 1.29 is 32.7 Å². The van der Waals surface area contributed by atoms with Crippen molar-refractivity contribution in [3.8, 4) is 0 Å². The predicted octanol–water partition coefficient (Wildman–Crippen LogP) is 5.23. The highest BCUT2D eigenvalue weighted by Crippen LogP contribution is 2.45. The molecule has 2 aliphatic heterocycles. The fourth-order valence-corrected chi connectivity index (χ4v) is 6.66. The number of carbonyl (C=O) groups is 2. The van der Waals surface area contributed by atoms with Gasteiger partial charge in [-0.1, -0.05) is 41.5 Å². The van der Waals surface area contributed by atoms with Gasteiger partial charge < -0.3 is 27.9 Å². The molecular weight excluding hydrogens is 468 g/mol. The number of aldehydes is 1. The van der Waals surface area contributed by atoms with Crippen molar-refractivity contribution in [1.82, 2.24) is 0 Å². The second-order valence-corrected chi connectivity index (χ2v) is 22.4. The largest absolute Gasteiger partial charge is 0.469 e. The topological polar surface area (TPSA) is 80.3 Å². The first-order chi connectivity index (χ1) is 15.4. The van der Waals surface area contributed by atoms with E-state index in [2.05, 4.69) is 67.7 Å². The highest BCUT2D eigenvalue weighted by atomic mass is 28.4. The average molecular weight is 517 g/mol. The Morgan fingerprint density at radius 2 is 1.44 bits per heavy atom. The average Bonchev–Trinajstić information content (AvgIpc) is 2.69. The van der Waals surface area contributed by atoms with Crippen LogP contribution in [0.4, 0.5) is 0 Å². The van der Waals surface area contributed by atoms with Crippen LogP contribution >= 0.6 is 0 Å². The van der Waals surface area contributed by atoms with Gasteiger partial charge in [-0.2, -0.15) is 0 Å². The first-order valence-electron chi connectivity index (χ1n) is 12.6. The highest BCUT2D eigenvalue weighted by molar-refractivity contribution is 6.74. The van der Waals surface area contributed by atoms with E-state index in [1.807, 2.05) is 0 Å². The molecule has 7 nitrogen and oxygen atoms in total. The number of carbonyl (C=O) groups excluding carboxylic acids is 2. The number of rotatable bonds is 8. The molecule has 2 rings (SSSR count). The molecule has 0 aliphatic carbocycles. The minimum absolute atomic E-state index is 0.0113. The zero-order valence-electron chi connectivity index (χ0n) is 23.2. The number of ether oxygens (including phenoxy) is 3. The summed E-state index contributed by atoms with van der Waals surface area (Å²) in [6.07, 6.45) is 0.822. The first-order valence-corrected chi connectivity index (χ1v) is 18.4. The zero-order chi connectivity index (χ0) is 26.1. The van der Waals surface area contributed by atoms with Gasteiger partial charge in [0.15, 0.2) is 16.6 Å². The van der Waals surface area contributed by atoms with Gasteiger partial charge >= 0.3 is 5.97 Å². The van der Waals surface area contributed by atoms with Gasteiger partial charge in [0.05, 0.1) is 37.9 Å². The molecule has 0 radical (unpaired) electrons. The van der Waals surface area contributed by atoms with E-state index >= 15 is 0 Å². The molecule has 2 unspecified atom stereocenters. The van der Waals surface area contributed by atoms with E-state index in [9.17, 15) is 9.59 Å². The van der Waals surface area contributed by atoms with Crippen molar-refractivity contribution in [2.24, 2.45) is 0 Å². The maximum atomic E-state index is 12.0. The Morgan fingerprint density at radius 1 is 0.912 bits per heavy atom. The number of fused-ring (bicyclic) bond motifs is 1. The van der Waals surface area contributed by atoms with Crippen molar-refractivity contribution in [3.63, 3.8) is 0 Å². The molecule has 2 heterocycles. The van der Waals surface area contributed by atoms with E-state index < -0.39 is 22.7 Å². The molecule has 198 valence electrons. The Hall–Kier alpha value is -0.586. The molecule has 0 aromatic heterocycles. The third-order valence-corrected chi connectivity index (χ3v) is 17.2. The number of esters is 1. The quantitative estimate of drug-likeness (QED) is 0.248. The van der Waals surface area contributed by atoms with E-state index in [0.29, 0.717) is 6.42 Å². The minimum atomic E-state index is -2.23. The summed E-state index contributed by atoms with van der Waals surface area (Å²) in [7, 11) is -3.05. The Morgan fingerprint density at radius 3 is 1.91 bits per heavy atom. The van der Waals surface area contributed by atoms with Crippen molar-refractivity contribution in [1.29, 1.82) is 0 Å². The van der Waals surface area contributed by atoms with Crippen LogP contribution in [0.5, 0.6) is 0 Å². The van der Waals surface area contributed by atoms with Crippen molar-refractivity contribution in [3.05, 3.63) is 0 Å². The SMILES string of the molecule is COC(=O)C[C@H]1CC[C@@H]2O[C@@H](CC=O)C(O[Si](C)(C)C(C)(C)C)C(O[Si](C)(C)C(C)(C)C)[C@H]2O1. The fraction of sp³-hybridized carbons (Fsp3) is 0.920. The van der Waals surface area contributed by atoms with E-state index in [1.165, 1.54) is 7.11 Å². The monoisotopic (exact) mass is 516 g/mol. The summed E-state index contributed by atoms with van der Waals surface area (Å²) in [5.41, 5.74) is 0. The van der Waals surface area contributed by atoms with Gasteiger partial charge in [-0.05, 0) is 49.1 Å². The fourth-order valence-electron chi connectivity index (χ4n) is 4.04. The summed E-state index contributed by atoms with van der Waals surface area (Å²) in [5, 5.41) is -0.0273. The van der Waals surface area contributed by atoms with Crippen LogP contribution in [0.25, 0.3) is 0 Å². The number of hydrogen-bond donors (Lipinski definition) is 0. The molecule has 0 aromatic carbocycles. The van der Waals surface area contributed by atoms with Crippen LogP contribution in [0.1, 0.15) is 67.2 Å². The second-order valence-electron chi connectivity index (χ2n) is 12.9. The third kappa shape index (κ3) is 6.79. The lowest BCUT2D eigenvalue weighted by molar-refractivity contribution is -0.256. The standard InChI is InChI=1S/C25H48O7Si2/c1-24(2,3)33(8,9)31-22-19(14-15-26)30-18-13-12-17(16-20(27)28-7)29-21(18)23(22)32-34(10,11)25(4,5)6/h15,17-19,21-23H,12-14,16H2,1-11H3/t17-,18+,19+,21+,22?,23?/m1/s1. The lowest BCUT2D eigenvalue weighted by Crippen LogP contribution is -2.67. The lowest BCUT2D eigenvalue weighted by atomic mass is 9.88. The molecule has 0 bridgehead atoms. The summed E-state index contributed by atoms with van der Waals surface area (Å²) in [5.74, 6) is -0.282. The van der Waals surface area contributed by atoms with Crippen LogP contribution in [0.3, 0.4) is 0 Å². The van der Waals surface area contributed by atoms with Gasteiger partial charge in [0.25, 0.3) is 0 Å². The van der Waals surface area contributed by atoms with Crippen LogP contribution in [0.2, 0.25) is 36.3 Å². The molecule has 0 N–H and O–H groups in total. The zero-order valence-corrected chi connectivity index (χ0v) is 25.2. The Kier molecular flexibility index (Phi) is 9.42. The van der Waals surface area contributed by atoms with Crippen LogP contribution < -0.4 is 0 Å². The maximum absolute atomic E-state index is 12.0. The molecule has 2 saturated heterocycles. The molecule has 2 aliphatic rings. The Labute approximate surface area is 208 Å². The van der Waals surface area contributed by atoms with Crippen LogP contribution in [0, 0.1) is 0 Å². The molecule has 9 heteroatoms. The van der Waals surface area contributed by atoms with Gasteiger partial charge in [0.2, 0.25) is 0 Å². The van der Waals surface area contributed by atoms with Gasteiger partial charge in [0, 0.05) is 6.42 Å². The molecule has 0 saturated carbocycles. The summed E-state index contributed by atoms with van der Waals surface area (Å²) in [6.45, 7) is 22.1. The van der Waals surface area contributed by atoms with Crippen LogP contribution in [-0.2, 0) is 32.7 Å². The van der Waals surface area contributed by atoms with Crippen LogP contribution in [0.15, 0.2) is 0 Å². The Balaban J connectivity index is 2.48. The van der Waals surface area contributed by atoms with E-state index in [-0.39, 0.29) is 59.4 Å². The molecule has 6 atom stereocenters. The van der Waals surface area contributed by atoms with Gasteiger partial charge in [-0.3, -0.25) is 4.79 Å². The first kappa shape index (κ1) is 29.6. The Bertz CT molecular complexity index is 711. The molecule has 34 heavy (non-hydrogen) atoms. The van der Waals surface area contributed by atoms with E-state index in [1.54, 1.807) is 0 Å².